The van der Waals surface area contributed by atoms with E-state index in [1.165, 1.54) is 4.90 Å². The lowest BCUT2D eigenvalue weighted by Gasteiger charge is -2.38. The van der Waals surface area contributed by atoms with Gasteiger partial charge in [-0.2, -0.15) is 0 Å². The quantitative estimate of drug-likeness (QED) is 0.574. The molecule has 0 bridgehead atoms. The maximum Gasteiger partial charge on any atom is 0.245 e. The topological polar surface area (TPSA) is 57.7 Å². The highest BCUT2D eigenvalue weighted by Gasteiger charge is 2.51. The summed E-state index contributed by atoms with van der Waals surface area (Å²) in [7, 11) is 1.82. The van der Waals surface area contributed by atoms with Gasteiger partial charge in [0.25, 0.3) is 0 Å². The molecule has 2 aliphatic carbocycles. The molecule has 5 nitrogen and oxygen atoms in total. The zero-order chi connectivity index (χ0) is 17.4. The van der Waals surface area contributed by atoms with Crippen LogP contribution in [0.15, 0.2) is 12.2 Å². The lowest BCUT2D eigenvalue weighted by atomic mass is 9.85. The normalized spacial score (nSPS) is 28.1. The summed E-state index contributed by atoms with van der Waals surface area (Å²) in [4.78, 5) is 41.9. The molecule has 1 heterocycles. The number of allylic oxidation sites excluding steroid dienone is 2. The van der Waals surface area contributed by atoms with Crippen molar-refractivity contribution >= 4 is 17.7 Å². The summed E-state index contributed by atoms with van der Waals surface area (Å²) in [5, 5.41) is 0. The number of amides is 3. The summed E-state index contributed by atoms with van der Waals surface area (Å²) in [6.07, 6.45) is 8.93. The van der Waals surface area contributed by atoms with Crippen LogP contribution in [0.3, 0.4) is 0 Å². The van der Waals surface area contributed by atoms with E-state index >= 15 is 0 Å². The van der Waals surface area contributed by atoms with Gasteiger partial charge >= 0.3 is 0 Å². The van der Waals surface area contributed by atoms with E-state index in [1.807, 2.05) is 33.0 Å². The minimum absolute atomic E-state index is 0.0679. The standard InChI is InChI=1S/C19H28N2O3/c1-12(2)11-16(19(24)20(3)13-7-6-8-13)21-17(22)14-9-4-5-10-15(14)18(21)23/h4-5,12-16H,6-11H2,1-3H3/t14-,15-,16+/m0/s1. The molecule has 132 valence electrons. The molecule has 0 aromatic rings. The van der Waals surface area contributed by atoms with Crippen LogP contribution in [-0.4, -0.2) is 46.7 Å². The molecular formula is C19H28N2O3. The number of carbonyl (C=O) groups is 3. The summed E-state index contributed by atoms with van der Waals surface area (Å²) in [5.74, 6) is -0.638. The van der Waals surface area contributed by atoms with Crippen LogP contribution in [0.5, 0.6) is 0 Å². The van der Waals surface area contributed by atoms with Crippen LogP contribution >= 0.6 is 0 Å². The molecule has 24 heavy (non-hydrogen) atoms. The molecule has 5 heteroatoms. The minimum Gasteiger partial charge on any atom is -0.341 e. The zero-order valence-corrected chi connectivity index (χ0v) is 14.9. The second-order valence-electron chi connectivity index (χ2n) is 7.88. The van der Waals surface area contributed by atoms with Crippen molar-refractivity contribution in [1.82, 2.24) is 9.80 Å². The first-order valence-electron chi connectivity index (χ1n) is 9.20. The highest BCUT2D eigenvalue weighted by Crippen LogP contribution is 2.37. The third kappa shape index (κ3) is 2.89. The Morgan fingerprint density at radius 3 is 2.12 bits per heavy atom. The summed E-state index contributed by atoms with van der Waals surface area (Å²) in [6.45, 7) is 4.06. The molecule has 1 saturated carbocycles. The van der Waals surface area contributed by atoms with Crippen molar-refractivity contribution in [2.45, 2.75) is 64.5 Å². The fraction of sp³-hybridized carbons (Fsp3) is 0.737. The average molecular weight is 332 g/mol. The van der Waals surface area contributed by atoms with Crippen molar-refractivity contribution in [3.8, 4) is 0 Å². The second-order valence-corrected chi connectivity index (χ2v) is 7.88. The van der Waals surface area contributed by atoms with Crippen molar-refractivity contribution in [2.24, 2.45) is 17.8 Å². The van der Waals surface area contributed by atoms with Crippen LogP contribution in [0.1, 0.15) is 52.4 Å². The third-order valence-corrected chi connectivity index (χ3v) is 5.80. The van der Waals surface area contributed by atoms with Crippen LogP contribution in [0.25, 0.3) is 0 Å². The Morgan fingerprint density at radius 2 is 1.71 bits per heavy atom. The number of likely N-dealkylation sites (N-methyl/N-ethyl adjacent to an activating group) is 1. The van der Waals surface area contributed by atoms with Gasteiger partial charge in [-0.1, -0.05) is 26.0 Å². The highest BCUT2D eigenvalue weighted by atomic mass is 16.2. The van der Waals surface area contributed by atoms with Gasteiger partial charge in [-0.05, 0) is 44.4 Å². The monoisotopic (exact) mass is 332 g/mol. The number of hydrogen-bond donors (Lipinski definition) is 0. The van der Waals surface area contributed by atoms with Crippen molar-refractivity contribution in [3.05, 3.63) is 12.2 Å². The molecule has 3 rings (SSSR count). The molecule has 3 amide bonds. The van der Waals surface area contributed by atoms with Crippen LogP contribution in [0, 0.1) is 17.8 Å². The van der Waals surface area contributed by atoms with Gasteiger partial charge in [0.05, 0.1) is 11.8 Å². The van der Waals surface area contributed by atoms with Gasteiger partial charge in [0, 0.05) is 13.1 Å². The fourth-order valence-corrected chi connectivity index (χ4v) is 4.09. The van der Waals surface area contributed by atoms with E-state index in [-0.39, 0.29) is 41.5 Å². The summed E-state index contributed by atoms with van der Waals surface area (Å²) >= 11 is 0. The Kier molecular flexibility index (Phi) is 4.79. The van der Waals surface area contributed by atoms with E-state index in [2.05, 4.69) is 0 Å². The lowest BCUT2D eigenvalue weighted by molar-refractivity contribution is -0.153. The molecule has 0 spiro atoms. The minimum atomic E-state index is -0.638. The maximum atomic E-state index is 13.1. The maximum absolute atomic E-state index is 13.1. The van der Waals surface area contributed by atoms with E-state index in [1.54, 1.807) is 4.90 Å². The first-order valence-corrected chi connectivity index (χ1v) is 9.20. The van der Waals surface area contributed by atoms with E-state index in [0.29, 0.717) is 19.3 Å². The number of likely N-dealkylation sites (tertiary alicyclic amines) is 1. The predicted octanol–water partition coefficient (Wildman–Crippen LogP) is 2.36. The van der Waals surface area contributed by atoms with Crippen molar-refractivity contribution in [2.75, 3.05) is 7.05 Å². The number of fused-ring (bicyclic) bond motifs is 1. The smallest absolute Gasteiger partial charge is 0.245 e. The SMILES string of the molecule is CC(C)C[C@H](C(=O)N(C)C1CCC1)N1C(=O)[C@H]2CC=CC[C@@H]2C1=O. The Balaban J connectivity index is 1.84. The Hall–Kier alpha value is -1.65. The molecule has 3 atom stereocenters. The first-order chi connectivity index (χ1) is 11.4. The zero-order valence-electron chi connectivity index (χ0n) is 14.9. The van der Waals surface area contributed by atoms with Gasteiger partial charge in [-0.25, -0.2) is 0 Å². The van der Waals surface area contributed by atoms with Gasteiger partial charge in [0.1, 0.15) is 6.04 Å². The van der Waals surface area contributed by atoms with E-state index in [0.717, 1.165) is 19.3 Å². The third-order valence-electron chi connectivity index (χ3n) is 5.80. The number of rotatable bonds is 5. The number of hydrogen-bond acceptors (Lipinski definition) is 3. The first kappa shape index (κ1) is 17.2. The van der Waals surface area contributed by atoms with E-state index < -0.39 is 6.04 Å². The second kappa shape index (κ2) is 6.69. The predicted molar refractivity (Wildman–Crippen MR) is 90.9 cm³/mol. The Labute approximate surface area is 144 Å². The number of nitrogens with zero attached hydrogens (tertiary/aromatic N) is 2. The van der Waals surface area contributed by atoms with Gasteiger partial charge < -0.3 is 4.90 Å². The summed E-state index contributed by atoms with van der Waals surface area (Å²) in [6, 6.07) is -0.370. The van der Waals surface area contributed by atoms with Gasteiger partial charge in [0.15, 0.2) is 0 Å². The molecule has 0 aromatic heterocycles. The summed E-state index contributed by atoms with van der Waals surface area (Å²) < 4.78 is 0. The Bertz CT molecular complexity index is 539. The Morgan fingerprint density at radius 1 is 1.17 bits per heavy atom. The van der Waals surface area contributed by atoms with Crippen LogP contribution in [-0.2, 0) is 14.4 Å². The molecule has 1 saturated heterocycles. The van der Waals surface area contributed by atoms with E-state index in [4.69, 9.17) is 0 Å². The molecule has 0 N–H and O–H groups in total. The van der Waals surface area contributed by atoms with Crippen molar-refractivity contribution in [1.29, 1.82) is 0 Å². The largest absolute Gasteiger partial charge is 0.341 e. The molecule has 0 aromatic carbocycles. The molecule has 0 unspecified atom stereocenters. The highest BCUT2D eigenvalue weighted by molar-refractivity contribution is 6.08. The van der Waals surface area contributed by atoms with Crippen LogP contribution < -0.4 is 0 Å². The molecular weight excluding hydrogens is 304 g/mol. The van der Waals surface area contributed by atoms with Crippen LogP contribution in [0.4, 0.5) is 0 Å². The van der Waals surface area contributed by atoms with Crippen molar-refractivity contribution < 1.29 is 14.4 Å². The van der Waals surface area contributed by atoms with Crippen LogP contribution in [0.2, 0.25) is 0 Å². The van der Waals surface area contributed by atoms with Gasteiger partial charge in [0.2, 0.25) is 17.7 Å². The molecule has 1 aliphatic heterocycles. The van der Waals surface area contributed by atoms with Crippen molar-refractivity contribution in [3.63, 3.8) is 0 Å². The lowest BCUT2D eigenvalue weighted by Crippen LogP contribution is -2.54. The number of imide groups is 1. The molecule has 3 aliphatic rings. The molecule has 0 radical (unpaired) electrons. The summed E-state index contributed by atoms with van der Waals surface area (Å²) in [5.41, 5.74) is 0. The fourth-order valence-electron chi connectivity index (χ4n) is 4.09. The molecule has 2 fully saturated rings. The van der Waals surface area contributed by atoms with E-state index in [9.17, 15) is 14.4 Å². The number of carbonyl (C=O) groups excluding carboxylic acids is 3. The van der Waals surface area contributed by atoms with Gasteiger partial charge in [-0.15, -0.1) is 0 Å². The van der Waals surface area contributed by atoms with Gasteiger partial charge in [-0.3, -0.25) is 19.3 Å². The average Bonchev–Trinajstić information content (AvgIpc) is 2.74.